The van der Waals surface area contributed by atoms with Crippen molar-refractivity contribution in [1.29, 1.82) is 0 Å². The molecule has 2 heterocycles. The predicted molar refractivity (Wildman–Crippen MR) is 88.7 cm³/mol. The first kappa shape index (κ1) is 20.1. The van der Waals surface area contributed by atoms with Crippen LogP contribution in [0.15, 0.2) is 29.3 Å². The molecule has 1 atom stereocenters. The summed E-state index contributed by atoms with van der Waals surface area (Å²) < 4.78 is 41.9. The lowest BCUT2D eigenvalue weighted by atomic mass is 10.1. The summed E-state index contributed by atoms with van der Waals surface area (Å²) in [4.78, 5) is 27.0. The maximum Gasteiger partial charge on any atom is 0.328 e. The van der Waals surface area contributed by atoms with Crippen molar-refractivity contribution in [3.63, 3.8) is 0 Å². The zero-order chi connectivity index (χ0) is 19.2. The quantitative estimate of drug-likeness (QED) is 0.540. The molecule has 0 spiro atoms. The molecule has 0 fully saturated rings. The van der Waals surface area contributed by atoms with E-state index in [2.05, 4.69) is 10.1 Å². The molecule has 0 aliphatic rings. The van der Waals surface area contributed by atoms with Crippen molar-refractivity contribution in [3.05, 3.63) is 57.4 Å². The molecule has 0 bridgehead atoms. The molecule has 3 rings (SSSR count). The molecule has 0 saturated heterocycles. The monoisotopic (exact) mass is 402 g/mol. The molecule has 2 aromatic heterocycles. The number of aliphatic carboxylic acids is 1. The number of rotatable bonds is 3. The van der Waals surface area contributed by atoms with Gasteiger partial charge < -0.3 is 15.9 Å². The number of aliphatic hydroxyl groups is 1. The first-order valence-electron chi connectivity index (χ1n) is 6.95. The molecule has 4 N–H and O–H groups in total. The van der Waals surface area contributed by atoms with E-state index in [0.29, 0.717) is 12.1 Å². The maximum atomic E-state index is 14.1. The van der Waals surface area contributed by atoms with E-state index < -0.39 is 51.4 Å². The van der Waals surface area contributed by atoms with Crippen LogP contribution in [0.5, 0.6) is 0 Å². The summed E-state index contributed by atoms with van der Waals surface area (Å²) in [5.74, 6) is -6.59. The topological polar surface area (TPSA) is 131 Å². The highest BCUT2D eigenvalue weighted by Gasteiger charge is 2.23. The molecule has 1 unspecified atom stereocenters. The van der Waals surface area contributed by atoms with E-state index >= 15 is 0 Å². The van der Waals surface area contributed by atoms with Crippen LogP contribution in [0.4, 0.5) is 13.2 Å². The van der Waals surface area contributed by atoms with Gasteiger partial charge in [-0.2, -0.15) is 5.10 Å². The number of hydrogen-bond acceptors (Lipinski definition) is 6. The fraction of sp³-hybridized carbons (Fsp3) is 0.0667. The summed E-state index contributed by atoms with van der Waals surface area (Å²) >= 11 is 0. The Hall–Kier alpha value is -3.18. The molecule has 142 valence electrons. The Morgan fingerprint density at radius 1 is 1.19 bits per heavy atom. The third-order valence-corrected chi connectivity index (χ3v) is 3.60. The Bertz CT molecular complexity index is 1170. The third-order valence-electron chi connectivity index (χ3n) is 3.60. The number of nitrogens with zero attached hydrogens (tertiary/aromatic N) is 3. The molecule has 0 radical (unpaired) electrons. The molecule has 0 amide bonds. The minimum Gasteiger partial charge on any atom is -0.509 e. The molecule has 0 saturated carbocycles. The van der Waals surface area contributed by atoms with Crippen LogP contribution in [0, 0.1) is 17.5 Å². The Morgan fingerprint density at radius 3 is 2.48 bits per heavy atom. The zero-order valence-corrected chi connectivity index (χ0v) is 13.9. The Kier molecular flexibility index (Phi) is 5.38. The number of halogens is 4. The van der Waals surface area contributed by atoms with Gasteiger partial charge >= 0.3 is 5.97 Å². The number of carbonyl (C=O) groups is 1. The number of fused-ring (bicyclic) bond motifs is 1. The number of hydrogen-bond donors (Lipinski definition) is 3. The molecular weight excluding hydrogens is 393 g/mol. The van der Waals surface area contributed by atoms with Gasteiger partial charge in [0.15, 0.2) is 28.8 Å². The number of carboxylic acids is 1. The first-order chi connectivity index (χ1) is 12.2. The summed E-state index contributed by atoms with van der Waals surface area (Å²) in [6.07, 6.45) is 0.925. The fourth-order valence-corrected chi connectivity index (χ4v) is 2.40. The van der Waals surface area contributed by atoms with Crippen LogP contribution < -0.4 is 16.4 Å². The average Bonchev–Trinajstić information content (AvgIpc) is 3.05. The van der Waals surface area contributed by atoms with Gasteiger partial charge in [0.05, 0.1) is 5.69 Å². The van der Waals surface area contributed by atoms with E-state index in [1.807, 2.05) is 0 Å². The van der Waals surface area contributed by atoms with Crippen LogP contribution in [-0.2, 0) is 4.79 Å². The zero-order valence-electron chi connectivity index (χ0n) is 13.1. The number of benzene rings is 1. The lowest BCUT2D eigenvalue weighted by Crippen LogP contribution is -2.40. The van der Waals surface area contributed by atoms with Gasteiger partial charge in [0.2, 0.25) is 0 Å². The summed E-state index contributed by atoms with van der Waals surface area (Å²) in [5.41, 5.74) is 2.99. The standard InChI is InChI=1S/C15H9F3N4O4.ClH/c16-5-1-6(11(18)7(17)2-5)8-3-9(23)10(13(24)12(19)15(25)26)14-20-4-21-22(8)14;/h1-4,12,24H,19H2,(H,25,26);1H. The predicted octanol–water partition coefficient (Wildman–Crippen LogP) is 0.393. The number of nitrogens with two attached hydrogens (primary N) is 1. The summed E-state index contributed by atoms with van der Waals surface area (Å²) in [7, 11) is 0. The van der Waals surface area contributed by atoms with Crippen molar-refractivity contribution >= 4 is 29.8 Å². The minimum atomic E-state index is -1.92. The maximum absolute atomic E-state index is 14.1. The summed E-state index contributed by atoms with van der Waals surface area (Å²) in [6, 6.07) is -0.202. The van der Waals surface area contributed by atoms with Gasteiger partial charge in [0.1, 0.15) is 23.1 Å². The van der Waals surface area contributed by atoms with Gasteiger partial charge in [0, 0.05) is 17.7 Å². The lowest BCUT2D eigenvalue weighted by Gasteiger charge is -2.09. The lowest BCUT2D eigenvalue weighted by molar-refractivity contribution is -0.137. The highest BCUT2D eigenvalue weighted by atomic mass is 35.5. The van der Waals surface area contributed by atoms with E-state index in [0.717, 1.165) is 16.9 Å². The molecule has 0 aliphatic heterocycles. The van der Waals surface area contributed by atoms with Crippen LogP contribution in [0.25, 0.3) is 22.7 Å². The van der Waals surface area contributed by atoms with Crippen LogP contribution >= 0.6 is 12.4 Å². The molecule has 8 nitrogen and oxygen atoms in total. The average molecular weight is 403 g/mol. The van der Waals surface area contributed by atoms with Crippen molar-refractivity contribution in [2.24, 2.45) is 5.73 Å². The van der Waals surface area contributed by atoms with Crippen LogP contribution in [0.1, 0.15) is 0 Å². The van der Waals surface area contributed by atoms with E-state index in [-0.39, 0.29) is 23.7 Å². The Morgan fingerprint density at radius 2 is 1.85 bits per heavy atom. The number of aromatic nitrogens is 3. The molecular formula is C15H10ClF3N4O4. The summed E-state index contributed by atoms with van der Waals surface area (Å²) in [5, 5.41) is 22.0. The highest BCUT2D eigenvalue weighted by molar-refractivity contribution is 5.85. The van der Waals surface area contributed by atoms with Gasteiger partial charge in [0.25, 0.3) is 0 Å². The van der Waals surface area contributed by atoms with Crippen LogP contribution in [0.3, 0.4) is 0 Å². The molecule has 12 heteroatoms. The highest BCUT2D eigenvalue weighted by Crippen LogP contribution is 2.24. The van der Waals surface area contributed by atoms with Crippen LogP contribution in [-0.4, -0.2) is 36.8 Å². The van der Waals surface area contributed by atoms with Gasteiger partial charge in [-0.15, -0.1) is 12.4 Å². The third kappa shape index (κ3) is 3.29. The Balaban J connectivity index is 0.00000261. The minimum absolute atomic E-state index is 0. The van der Waals surface area contributed by atoms with Crippen molar-refractivity contribution in [2.45, 2.75) is 6.04 Å². The van der Waals surface area contributed by atoms with Crippen molar-refractivity contribution in [3.8, 4) is 11.3 Å². The van der Waals surface area contributed by atoms with Gasteiger partial charge in [-0.3, -0.25) is 9.59 Å². The van der Waals surface area contributed by atoms with Gasteiger partial charge in [-0.25, -0.2) is 22.7 Å². The summed E-state index contributed by atoms with van der Waals surface area (Å²) in [6.45, 7) is 0. The first-order valence-corrected chi connectivity index (χ1v) is 6.95. The van der Waals surface area contributed by atoms with Crippen molar-refractivity contribution in [1.82, 2.24) is 14.6 Å². The number of carboxylic acid groups (broad SMARTS) is 1. The molecule has 27 heavy (non-hydrogen) atoms. The molecule has 1 aromatic carbocycles. The smallest absolute Gasteiger partial charge is 0.328 e. The second kappa shape index (κ2) is 7.21. The number of aliphatic hydroxyl groups excluding tert-OH is 1. The van der Waals surface area contributed by atoms with E-state index in [4.69, 9.17) is 10.8 Å². The molecule has 3 aromatic rings. The largest absolute Gasteiger partial charge is 0.509 e. The van der Waals surface area contributed by atoms with E-state index in [9.17, 15) is 27.9 Å². The van der Waals surface area contributed by atoms with Crippen LogP contribution in [0.2, 0.25) is 0 Å². The van der Waals surface area contributed by atoms with E-state index in [1.165, 1.54) is 0 Å². The number of pyridine rings is 1. The van der Waals surface area contributed by atoms with Crippen molar-refractivity contribution < 1.29 is 28.2 Å². The van der Waals surface area contributed by atoms with Gasteiger partial charge in [-0.1, -0.05) is 0 Å². The normalized spacial score (nSPS) is 13.2. The second-order valence-corrected chi connectivity index (χ2v) is 5.21. The van der Waals surface area contributed by atoms with Gasteiger partial charge in [-0.05, 0) is 6.07 Å². The van der Waals surface area contributed by atoms with Crippen molar-refractivity contribution in [2.75, 3.05) is 0 Å². The SMILES string of the molecule is Cl.NC(C(=O)O)C(O)=c1c(=O)cc(-c2cc(F)cc(F)c2F)n2ncnc12. The second-order valence-electron chi connectivity index (χ2n) is 5.21. The fourth-order valence-electron chi connectivity index (χ4n) is 2.40. The molecule has 0 aliphatic carbocycles. The van der Waals surface area contributed by atoms with E-state index in [1.54, 1.807) is 0 Å². The Labute approximate surface area is 153 Å².